The number of nitrogens with zero attached hydrogens (tertiary/aromatic N) is 1. The van der Waals surface area contributed by atoms with Gasteiger partial charge in [0, 0.05) is 22.7 Å². The number of carbonyl (C=O) groups excluding carboxylic acids is 2. The van der Waals surface area contributed by atoms with Crippen LogP contribution in [0.25, 0.3) is 10.9 Å². The molecular formula is C22H20ClF2NO4. The summed E-state index contributed by atoms with van der Waals surface area (Å²) in [6.45, 7) is 6.75. The highest BCUT2D eigenvalue weighted by Gasteiger charge is 2.25. The monoisotopic (exact) mass is 435 g/mol. The van der Waals surface area contributed by atoms with E-state index in [0.29, 0.717) is 16.6 Å². The Morgan fingerprint density at radius 1 is 1.13 bits per heavy atom. The number of hydrogen-bond donors (Lipinski definition) is 1. The van der Waals surface area contributed by atoms with Crippen molar-refractivity contribution < 1.29 is 28.2 Å². The van der Waals surface area contributed by atoms with Gasteiger partial charge in [0.2, 0.25) is 0 Å². The Balaban J connectivity index is 2.18. The number of carbonyl (C=O) groups is 2. The van der Waals surface area contributed by atoms with E-state index in [1.165, 1.54) is 16.7 Å². The number of esters is 1. The van der Waals surface area contributed by atoms with Crippen molar-refractivity contribution in [3.8, 4) is 5.75 Å². The minimum Gasteiger partial charge on any atom is -0.505 e. The van der Waals surface area contributed by atoms with Gasteiger partial charge in [0.1, 0.15) is 11.4 Å². The van der Waals surface area contributed by atoms with Crippen molar-refractivity contribution in [3.63, 3.8) is 0 Å². The highest BCUT2D eigenvalue weighted by Crippen LogP contribution is 2.32. The third-order valence-corrected chi connectivity index (χ3v) is 4.82. The van der Waals surface area contributed by atoms with Crippen LogP contribution in [-0.4, -0.2) is 27.2 Å². The summed E-state index contributed by atoms with van der Waals surface area (Å²) in [5, 5.41) is 10.0. The van der Waals surface area contributed by atoms with Crippen LogP contribution in [0.1, 0.15) is 42.4 Å². The minimum atomic E-state index is -0.930. The topological polar surface area (TPSA) is 68.5 Å². The van der Waals surface area contributed by atoms with Gasteiger partial charge in [-0.25, -0.2) is 8.78 Å². The molecule has 2 aromatic carbocycles. The van der Waals surface area contributed by atoms with E-state index in [1.807, 2.05) is 0 Å². The van der Waals surface area contributed by atoms with Crippen molar-refractivity contribution >= 4 is 34.4 Å². The van der Waals surface area contributed by atoms with Gasteiger partial charge >= 0.3 is 5.97 Å². The molecule has 0 amide bonds. The zero-order valence-corrected chi connectivity index (χ0v) is 17.6. The Labute approximate surface area is 176 Å². The fraction of sp³-hybridized carbons (Fsp3) is 0.273. The normalized spacial score (nSPS) is 11.7. The average molecular weight is 436 g/mol. The lowest BCUT2D eigenvalue weighted by molar-refractivity contribution is -0.153. The maximum absolute atomic E-state index is 14.1. The number of aromatic hydroxyl groups is 1. The molecule has 5 nitrogen and oxygen atoms in total. The van der Waals surface area contributed by atoms with Crippen molar-refractivity contribution in [2.24, 2.45) is 0 Å². The molecule has 3 aromatic rings. The maximum Gasteiger partial charge on any atom is 0.310 e. The maximum atomic E-state index is 14.1. The van der Waals surface area contributed by atoms with E-state index in [2.05, 4.69) is 0 Å². The van der Waals surface area contributed by atoms with Gasteiger partial charge in [-0.15, -0.1) is 0 Å². The van der Waals surface area contributed by atoms with Gasteiger partial charge < -0.3 is 9.84 Å². The van der Waals surface area contributed by atoms with Crippen LogP contribution >= 0.6 is 11.6 Å². The lowest BCUT2D eigenvalue weighted by Crippen LogP contribution is -2.25. The number of halogens is 3. The van der Waals surface area contributed by atoms with E-state index in [4.69, 9.17) is 16.3 Å². The van der Waals surface area contributed by atoms with Crippen LogP contribution < -0.4 is 0 Å². The molecule has 0 bridgehead atoms. The molecular weight excluding hydrogens is 416 g/mol. The van der Waals surface area contributed by atoms with E-state index in [0.717, 1.165) is 18.2 Å². The molecule has 3 rings (SSSR count). The molecule has 0 unspecified atom stereocenters. The van der Waals surface area contributed by atoms with Gasteiger partial charge in [-0.1, -0.05) is 11.6 Å². The van der Waals surface area contributed by atoms with Crippen molar-refractivity contribution in [2.75, 3.05) is 0 Å². The molecule has 0 fully saturated rings. The standard InChI is InChI=1S/C22H20ClF2NO4/c1-11-13(9-20(28)30-22(2,3)4)14-8-19(27)17(25)10-18(14)26(11)21(29)12-5-6-15(23)16(24)7-12/h5-8,10,27H,9H2,1-4H3. The summed E-state index contributed by atoms with van der Waals surface area (Å²) >= 11 is 5.69. The molecule has 0 aliphatic carbocycles. The Kier molecular flexibility index (Phi) is 5.60. The predicted octanol–water partition coefficient (Wildman–Crippen LogP) is 5.16. The Morgan fingerprint density at radius 3 is 2.40 bits per heavy atom. The lowest BCUT2D eigenvalue weighted by Gasteiger charge is -2.19. The zero-order chi connectivity index (χ0) is 22.4. The van der Waals surface area contributed by atoms with E-state index >= 15 is 0 Å². The quantitative estimate of drug-likeness (QED) is 0.577. The zero-order valence-electron chi connectivity index (χ0n) is 16.8. The third kappa shape index (κ3) is 4.16. The molecule has 8 heteroatoms. The number of phenols is 1. The Morgan fingerprint density at radius 2 is 1.80 bits per heavy atom. The van der Waals surface area contributed by atoms with Crippen LogP contribution in [0.15, 0.2) is 30.3 Å². The highest BCUT2D eigenvalue weighted by atomic mass is 35.5. The smallest absolute Gasteiger partial charge is 0.310 e. The number of fused-ring (bicyclic) bond motifs is 1. The molecule has 0 aliphatic rings. The molecule has 158 valence electrons. The predicted molar refractivity (Wildman–Crippen MR) is 109 cm³/mol. The number of hydrogen-bond acceptors (Lipinski definition) is 4. The summed E-state index contributed by atoms with van der Waals surface area (Å²) < 4.78 is 34.5. The van der Waals surface area contributed by atoms with Crippen LogP contribution in [0.2, 0.25) is 5.02 Å². The third-order valence-electron chi connectivity index (χ3n) is 4.51. The second-order valence-electron chi connectivity index (χ2n) is 7.92. The van der Waals surface area contributed by atoms with Gasteiger partial charge in [-0.05, 0) is 57.5 Å². The second-order valence-corrected chi connectivity index (χ2v) is 8.32. The fourth-order valence-electron chi connectivity index (χ4n) is 3.25. The van der Waals surface area contributed by atoms with Gasteiger partial charge in [0.05, 0.1) is 17.0 Å². The molecule has 0 atom stereocenters. The van der Waals surface area contributed by atoms with E-state index < -0.39 is 34.9 Å². The van der Waals surface area contributed by atoms with Crippen LogP contribution in [0.3, 0.4) is 0 Å². The number of rotatable bonds is 3. The summed E-state index contributed by atoms with van der Waals surface area (Å²) in [7, 11) is 0. The lowest BCUT2D eigenvalue weighted by atomic mass is 10.1. The van der Waals surface area contributed by atoms with Crippen molar-refractivity contribution in [1.82, 2.24) is 4.57 Å². The van der Waals surface area contributed by atoms with Crippen LogP contribution in [0.4, 0.5) is 8.78 Å². The van der Waals surface area contributed by atoms with E-state index in [9.17, 15) is 23.5 Å². The largest absolute Gasteiger partial charge is 0.505 e. The molecule has 0 radical (unpaired) electrons. The van der Waals surface area contributed by atoms with Crippen molar-refractivity contribution in [1.29, 1.82) is 0 Å². The van der Waals surface area contributed by atoms with Crippen LogP contribution in [0.5, 0.6) is 5.75 Å². The van der Waals surface area contributed by atoms with Crippen LogP contribution in [-0.2, 0) is 16.0 Å². The number of phenolic OH excluding ortho intramolecular Hbond substituents is 1. The number of benzene rings is 2. The summed E-state index contributed by atoms with van der Waals surface area (Å²) in [4.78, 5) is 25.5. The molecule has 1 N–H and O–H groups in total. The van der Waals surface area contributed by atoms with Gasteiger partial charge in [0.25, 0.3) is 5.91 Å². The Bertz CT molecular complexity index is 1180. The SMILES string of the molecule is Cc1c(CC(=O)OC(C)(C)C)c2cc(O)c(F)cc2n1C(=O)c1ccc(Cl)c(F)c1. The average Bonchev–Trinajstić information content (AvgIpc) is 2.87. The van der Waals surface area contributed by atoms with Gasteiger partial charge in [0.15, 0.2) is 11.6 Å². The first kappa shape index (κ1) is 21.8. The molecule has 30 heavy (non-hydrogen) atoms. The highest BCUT2D eigenvalue weighted by molar-refractivity contribution is 6.30. The molecule has 0 saturated carbocycles. The van der Waals surface area contributed by atoms with E-state index in [-0.39, 0.29) is 22.5 Å². The molecule has 0 spiro atoms. The van der Waals surface area contributed by atoms with Gasteiger partial charge in [-0.2, -0.15) is 0 Å². The summed E-state index contributed by atoms with van der Waals surface area (Å²) in [6.07, 6.45) is -0.195. The van der Waals surface area contributed by atoms with Gasteiger partial charge in [-0.3, -0.25) is 14.2 Å². The summed E-state index contributed by atoms with van der Waals surface area (Å²) in [6, 6.07) is 5.74. The number of ether oxygens (including phenoxy) is 1. The first-order valence-corrected chi connectivity index (χ1v) is 9.51. The Hall–Kier alpha value is -2.93. The molecule has 0 saturated heterocycles. The second kappa shape index (κ2) is 7.72. The van der Waals surface area contributed by atoms with Crippen molar-refractivity contribution in [2.45, 2.75) is 39.7 Å². The minimum absolute atomic E-state index is 0.00537. The summed E-state index contributed by atoms with van der Waals surface area (Å²) in [5.41, 5.74) is 0.170. The van der Waals surface area contributed by atoms with E-state index in [1.54, 1.807) is 27.7 Å². The molecule has 0 aliphatic heterocycles. The van der Waals surface area contributed by atoms with Crippen molar-refractivity contribution in [3.05, 3.63) is 63.8 Å². The van der Waals surface area contributed by atoms with Crippen LogP contribution in [0, 0.1) is 18.6 Å². The summed E-state index contributed by atoms with van der Waals surface area (Å²) in [5.74, 6) is -3.49. The first-order valence-electron chi connectivity index (χ1n) is 9.13. The fourth-order valence-corrected chi connectivity index (χ4v) is 3.37. The number of aromatic nitrogens is 1. The molecule has 1 heterocycles. The first-order chi connectivity index (χ1) is 13.9. The molecule has 1 aromatic heterocycles.